The zero-order chi connectivity index (χ0) is 25.5. The van der Waals surface area contributed by atoms with Crippen molar-refractivity contribution in [1.82, 2.24) is 4.57 Å². The third kappa shape index (κ3) is 3.95. The molecule has 0 spiro atoms. The summed E-state index contributed by atoms with van der Waals surface area (Å²) < 4.78 is 3.46. The van der Waals surface area contributed by atoms with E-state index in [1.54, 1.807) is 0 Å². The Morgan fingerprint density at radius 1 is 0.395 bits per heavy atom. The van der Waals surface area contributed by atoms with E-state index >= 15 is 0 Å². The van der Waals surface area contributed by atoms with E-state index in [0.717, 1.165) is 4.47 Å². The maximum Gasteiger partial charge on any atom is 0.0547 e. The third-order valence-electron chi connectivity index (χ3n) is 7.26. The summed E-state index contributed by atoms with van der Waals surface area (Å²) in [5.41, 5.74) is 10.9. The molecule has 2 heteroatoms. The van der Waals surface area contributed by atoms with Gasteiger partial charge in [0.15, 0.2) is 0 Å². The second-order valence-electron chi connectivity index (χ2n) is 9.56. The van der Waals surface area contributed by atoms with Crippen LogP contribution in [0.3, 0.4) is 0 Å². The number of fused-ring (bicyclic) bond motifs is 3. The van der Waals surface area contributed by atoms with E-state index in [2.05, 4.69) is 166 Å². The second kappa shape index (κ2) is 9.48. The van der Waals surface area contributed by atoms with Crippen LogP contribution in [0.1, 0.15) is 0 Å². The first-order chi connectivity index (χ1) is 18.8. The largest absolute Gasteiger partial charge is 0.309 e. The van der Waals surface area contributed by atoms with Gasteiger partial charge in [0.25, 0.3) is 0 Å². The van der Waals surface area contributed by atoms with E-state index in [1.807, 2.05) is 0 Å². The highest BCUT2D eigenvalue weighted by Crippen LogP contribution is 2.39. The van der Waals surface area contributed by atoms with Gasteiger partial charge in [-0.1, -0.05) is 119 Å². The van der Waals surface area contributed by atoms with Gasteiger partial charge >= 0.3 is 0 Å². The lowest BCUT2D eigenvalue weighted by molar-refractivity contribution is 1.18. The number of para-hydroxylation sites is 2. The molecule has 0 aliphatic carbocycles. The summed E-state index contributed by atoms with van der Waals surface area (Å²) in [5, 5.41) is 2.53. The van der Waals surface area contributed by atoms with Gasteiger partial charge < -0.3 is 4.57 Å². The lowest BCUT2D eigenvalue weighted by Gasteiger charge is -2.14. The Balaban J connectivity index is 1.48. The van der Waals surface area contributed by atoms with Gasteiger partial charge in [0.05, 0.1) is 11.0 Å². The fourth-order valence-electron chi connectivity index (χ4n) is 5.49. The van der Waals surface area contributed by atoms with Crippen LogP contribution in [-0.2, 0) is 0 Å². The summed E-state index contributed by atoms with van der Waals surface area (Å²) in [4.78, 5) is 0. The minimum atomic E-state index is 1.08. The molecule has 0 atom stereocenters. The fraction of sp³-hybridized carbons (Fsp3) is 0. The van der Waals surface area contributed by atoms with Crippen molar-refractivity contribution in [2.24, 2.45) is 0 Å². The van der Waals surface area contributed by atoms with E-state index in [4.69, 9.17) is 0 Å². The van der Waals surface area contributed by atoms with E-state index in [1.165, 1.54) is 60.9 Å². The molecule has 7 rings (SSSR count). The molecule has 38 heavy (non-hydrogen) atoms. The zero-order valence-electron chi connectivity index (χ0n) is 20.7. The summed E-state index contributed by atoms with van der Waals surface area (Å²) in [6, 6.07) is 52.2. The molecule has 0 N–H and O–H groups in total. The Morgan fingerprint density at radius 2 is 1.05 bits per heavy atom. The van der Waals surface area contributed by atoms with Crippen molar-refractivity contribution in [2.45, 2.75) is 0 Å². The molecule has 6 aromatic carbocycles. The van der Waals surface area contributed by atoms with Gasteiger partial charge in [-0.05, 0) is 75.8 Å². The number of rotatable bonds is 4. The minimum Gasteiger partial charge on any atom is -0.309 e. The van der Waals surface area contributed by atoms with E-state index in [9.17, 15) is 0 Å². The first-order valence-corrected chi connectivity index (χ1v) is 13.6. The molecular formula is C36H24BrN. The van der Waals surface area contributed by atoms with Crippen molar-refractivity contribution in [1.29, 1.82) is 0 Å². The molecule has 0 amide bonds. The predicted octanol–water partition coefficient (Wildman–Crippen LogP) is 10.5. The Bertz CT molecular complexity index is 1920. The van der Waals surface area contributed by atoms with Gasteiger partial charge in [-0.2, -0.15) is 0 Å². The van der Waals surface area contributed by atoms with Crippen LogP contribution in [0.5, 0.6) is 0 Å². The number of hydrogen-bond donors (Lipinski definition) is 0. The highest BCUT2D eigenvalue weighted by Gasteiger charge is 2.15. The molecule has 0 fully saturated rings. The van der Waals surface area contributed by atoms with Crippen LogP contribution in [0, 0.1) is 0 Å². The number of aromatic nitrogens is 1. The van der Waals surface area contributed by atoms with Crippen molar-refractivity contribution in [3.05, 3.63) is 150 Å². The van der Waals surface area contributed by atoms with Crippen molar-refractivity contribution >= 4 is 37.7 Å². The third-order valence-corrected chi connectivity index (χ3v) is 7.75. The molecule has 1 aromatic heterocycles. The Morgan fingerprint density at radius 3 is 1.87 bits per heavy atom. The maximum atomic E-state index is 3.64. The summed E-state index contributed by atoms with van der Waals surface area (Å²) in [7, 11) is 0. The van der Waals surface area contributed by atoms with E-state index in [0.29, 0.717) is 0 Å². The number of benzene rings is 6. The fourth-order valence-corrected chi connectivity index (χ4v) is 5.89. The van der Waals surface area contributed by atoms with Crippen molar-refractivity contribution < 1.29 is 0 Å². The van der Waals surface area contributed by atoms with Crippen molar-refractivity contribution in [2.75, 3.05) is 0 Å². The van der Waals surface area contributed by atoms with Crippen LogP contribution >= 0.6 is 15.9 Å². The first-order valence-electron chi connectivity index (χ1n) is 12.8. The highest BCUT2D eigenvalue weighted by molar-refractivity contribution is 9.10. The normalized spacial score (nSPS) is 11.3. The molecule has 0 aliphatic rings. The molecule has 1 heterocycles. The van der Waals surface area contributed by atoms with Crippen LogP contribution in [0.4, 0.5) is 0 Å². The van der Waals surface area contributed by atoms with Gasteiger partial charge in [-0.15, -0.1) is 0 Å². The molecule has 0 aliphatic heterocycles. The summed E-state index contributed by atoms with van der Waals surface area (Å²) in [5.74, 6) is 0. The van der Waals surface area contributed by atoms with Gasteiger partial charge in [0.2, 0.25) is 0 Å². The molecule has 0 saturated carbocycles. The number of nitrogens with zero attached hydrogens (tertiary/aromatic N) is 1. The average Bonchev–Trinajstić information content (AvgIpc) is 3.31. The van der Waals surface area contributed by atoms with Gasteiger partial charge in [-0.25, -0.2) is 0 Å². The highest BCUT2D eigenvalue weighted by atomic mass is 79.9. The molecule has 0 unspecified atom stereocenters. The van der Waals surface area contributed by atoms with Crippen LogP contribution in [0.2, 0.25) is 0 Å². The molecule has 0 bridgehead atoms. The van der Waals surface area contributed by atoms with Crippen LogP contribution in [0.15, 0.2) is 150 Å². The lowest BCUT2D eigenvalue weighted by atomic mass is 9.90. The Kier molecular flexibility index (Phi) is 5.68. The zero-order valence-corrected chi connectivity index (χ0v) is 22.3. The van der Waals surface area contributed by atoms with Crippen LogP contribution in [0.25, 0.3) is 60.9 Å². The number of halogens is 1. The predicted molar refractivity (Wildman–Crippen MR) is 165 cm³/mol. The standard InChI is InChI=1S/C36H24BrN/c37-29-13-9-12-26(22-29)27-18-20-31(34(23-27)25-10-3-1-4-11-25)28-19-21-33-32-16-7-8-17-35(32)38(36(33)24-28)30-14-5-2-6-15-30/h1-24H. The minimum absolute atomic E-state index is 1.08. The van der Waals surface area contributed by atoms with Gasteiger partial charge in [0.1, 0.15) is 0 Å². The first kappa shape index (κ1) is 22.8. The van der Waals surface area contributed by atoms with E-state index in [-0.39, 0.29) is 0 Å². The summed E-state index contributed by atoms with van der Waals surface area (Å²) >= 11 is 3.64. The molecule has 1 nitrogen and oxygen atoms in total. The van der Waals surface area contributed by atoms with Gasteiger partial charge in [-0.3, -0.25) is 0 Å². The monoisotopic (exact) mass is 549 g/mol. The maximum absolute atomic E-state index is 3.64. The van der Waals surface area contributed by atoms with Crippen molar-refractivity contribution in [3.63, 3.8) is 0 Å². The topological polar surface area (TPSA) is 4.93 Å². The Labute approximate surface area is 230 Å². The molecule has 0 radical (unpaired) electrons. The van der Waals surface area contributed by atoms with E-state index < -0.39 is 0 Å². The molecule has 7 aromatic rings. The summed E-state index contributed by atoms with van der Waals surface area (Å²) in [6.07, 6.45) is 0. The smallest absolute Gasteiger partial charge is 0.0547 e. The van der Waals surface area contributed by atoms with Crippen LogP contribution in [-0.4, -0.2) is 4.57 Å². The molecule has 180 valence electrons. The molecule has 0 saturated heterocycles. The van der Waals surface area contributed by atoms with Gasteiger partial charge in [0, 0.05) is 20.9 Å². The van der Waals surface area contributed by atoms with Crippen LogP contribution < -0.4 is 0 Å². The molecular weight excluding hydrogens is 526 g/mol. The number of hydrogen-bond acceptors (Lipinski definition) is 0. The SMILES string of the molecule is Brc1cccc(-c2ccc(-c3ccc4c5ccccc5n(-c5ccccc5)c4c3)c(-c3ccccc3)c2)c1. The Hall–Kier alpha value is -4.40. The summed E-state index contributed by atoms with van der Waals surface area (Å²) in [6.45, 7) is 0. The second-order valence-corrected chi connectivity index (χ2v) is 10.5. The average molecular weight is 550 g/mol. The lowest BCUT2D eigenvalue weighted by Crippen LogP contribution is -1.93. The van der Waals surface area contributed by atoms with Crippen molar-refractivity contribution in [3.8, 4) is 39.1 Å². The quantitative estimate of drug-likeness (QED) is 0.205.